The Hall–Kier alpha value is -2.49. The van der Waals surface area contributed by atoms with Crippen molar-refractivity contribution in [3.8, 4) is 0 Å². The Morgan fingerprint density at radius 3 is 2.24 bits per heavy atom. The van der Waals surface area contributed by atoms with Crippen LogP contribution in [0.4, 0.5) is 4.39 Å². The van der Waals surface area contributed by atoms with Gasteiger partial charge in [0.15, 0.2) is 5.78 Å². The molecule has 0 N–H and O–H groups in total. The molecule has 2 aromatic carbocycles. The van der Waals surface area contributed by atoms with E-state index in [-0.39, 0.29) is 18.2 Å². The van der Waals surface area contributed by atoms with Gasteiger partial charge in [0.05, 0.1) is 5.92 Å². The van der Waals surface area contributed by atoms with Crippen LogP contribution in [0.1, 0.15) is 28.8 Å². The van der Waals surface area contributed by atoms with Gasteiger partial charge in [-0.05, 0) is 17.7 Å². The number of esters is 1. The van der Waals surface area contributed by atoms with Crippen molar-refractivity contribution < 1.29 is 18.7 Å². The van der Waals surface area contributed by atoms with E-state index in [1.807, 2.05) is 6.07 Å². The van der Waals surface area contributed by atoms with Crippen LogP contribution in [0.3, 0.4) is 0 Å². The minimum Gasteiger partial charge on any atom is -0.465 e. The summed E-state index contributed by atoms with van der Waals surface area (Å²) >= 11 is 0. The first-order chi connectivity index (χ1) is 10.1. The van der Waals surface area contributed by atoms with Crippen molar-refractivity contribution in [1.29, 1.82) is 0 Å². The van der Waals surface area contributed by atoms with E-state index < -0.39 is 11.9 Å². The molecule has 0 saturated heterocycles. The zero-order chi connectivity index (χ0) is 15.2. The fourth-order valence-electron chi connectivity index (χ4n) is 2.02. The standard InChI is InChI=1S/C17H15FO3/c1-12(19)21-11-16(13-7-9-15(18)10-8-13)17(20)14-5-3-2-4-6-14/h2-10,16H,11H2,1H3/t16-/m0/s1. The number of carbonyl (C=O) groups is 2. The number of benzene rings is 2. The second-order valence-corrected chi connectivity index (χ2v) is 4.64. The predicted molar refractivity (Wildman–Crippen MR) is 76.5 cm³/mol. The molecule has 0 aliphatic rings. The third-order valence-electron chi connectivity index (χ3n) is 3.10. The van der Waals surface area contributed by atoms with E-state index in [1.54, 1.807) is 24.3 Å². The summed E-state index contributed by atoms with van der Waals surface area (Å²) in [5.41, 5.74) is 1.14. The van der Waals surface area contributed by atoms with Gasteiger partial charge < -0.3 is 4.74 Å². The molecule has 0 heterocycles. The van der Waals surface area contributed by atoms with Gasteiger partial charge in [0.2, 0.25) is 0 Å². The Kier molecular flexibility index (Phi) is 4.82. The highest BCUT2D eigenvalue weighted by Gasteiger charge is 2.23. The normalized spacial score (nSPS) is 11.7. The average Bonchev–Trinajstić information content (AvgIpc) is 2.49. The molecule has 4 heteroatoms. The van der Waals surface area contributed by atoms with Gasteiger partial charge in [-0.15, -0.1) is 0 Å². The van der Waals surface area contributed by atoms with Gasteiger partial charge in [-0.25, -0.2) is 4.39 Å². The van der Waals surface area contributed by atoms with E-state index in [9.17, 15) is 14.0 Å². The Labute approximate surface area is 122 Å². The van der Waals surface area contributed by atoms with Crippen molar-refractivity contribution in [1.82, 2.24) is 0 Å². The molecule has 0 aliphatic carbocycles. The predicted octanol–water partition coefficient (Wildman–Crippen LogP) is 3.36. The largest absolute Gasteiger partial charge is 0.465 e. The number of carbonyl (C=O) groups excluding carboxylic acids is 2. The summed E-state index contributed by atoms with van der Waals surface area (Å²) in [5, 5.41) is 0. The lowest BCUT2D eigenvalue weighted by atomic mass is 9.91. The quantitative estimate of drug-likeness (QED) is 0.625. The lowest BCUT2D eigenvalue weighted by molar-refractivity contribution is -0.141. The molecule has 0 bridgehead atoms. The molecule has 2 rings (SSSR count). The molecule has 0 radical (unpaired) electrons. The number of ketones is 1. The molecule has 0 spiro atoms. The lowest BCUT2D eigenvalue weighted by Gasteiger charge is -2.16. The molecule has 1 atom stereocenters. The number of hydrogen-bond donors (Lipinski definition) is 0. The highest BCUT2D eigenvalue weighted by atomic mass is 19.1. The van der Waals surface area contributed by atoms with E-state index in [2.05, 4.69) is 0 Å². The van der Waals surface area contributed by atoms with Crippen molar-refractivity contribution >= 4 is 11.8 Å². The van der Waals surface area contributed by atoms with Crippen LogP contribution in [0.25, 0.3) is 0 Å². The van der Waals surface area contributed by atoms with Gasteiger partial charge in [-0.3, -0.25) is 9.59 Å². The Bertz CT molecular complexity index is 620. The van der Waals surface area contributed by atoms with Crippen LogP contribution in [-0.2, 0) is 9.53 Å². The first-order valence-electron chi connectivity index (χ1n) is 6.56. The number of Topliss-reactive ketones (excluding diaryl/α,β-unsaturated/α-hetero) is 1. The molecule has 108 valence electrons. The second-order valence-electron chi connectivity index (χ2n) is 4.64. The molecular formula is C17H15FO3. The monoisotopic (exact) mass is 286 g/mol. The first-order valence-corrected chi connectivity index (χ1v) is 6.56. The van der Waals surface area contributed by atoms with Crippen LogP contribution in [0.15, 0.2) is 54.6 Å². The fraction of sp³-hybridized carbons (Fsp3) is 0.176. The molecule has 0 saturated carbocycles. The van der Waals surface area contributed by atoms with Crippen molar-refractivity contribution in [2.45, 2.75) is 12.8 Å². The molecule has 0 aliphatic heterocycles. The van der Waals surface area contributed by atoms with E-state index in [0.29, 0.717) is 11.1 Å². The fourth-order valence-corrected chi connectivity index (χ4v) is 2.02. The van der Waals surface area contributed by atoms with Crippen molar-refractivity contribution in [2.24, 2.45) is 0 Å². The second kappa shape index (κ2) is 6.79. The maximum atomic E-state index is 13.0. The van der Waals surface area contributed by atoms with Gasteiger partial charge in [0.25, 0.3) is 0 Å². The van der Waals surface area contributed by atoms with Gasteiger partial charge in [-0.1, -0.05) is 42.5 Å². The minimum atomic E-state index is -0.642. The van der Waals surface area contributed by atoms with Crippen molar-refractivity contribution in [3.63, 3.8) is 0 Å². The number of hydrogen-bond acceptors (Lipinski definition) is 3. The Balaban J connectivity index is 2.29. The maximum Gasteiger partial charge on any atom is 0.302 e. The topological polar surface area (TPSA) is 43.4 Å². The molecule has 3 nitrogen and oxygen atoms in total. The van der Waals surface area contributed by atoms with Gasteiger partial charge in [0, 0.05) is 12.5 Å². The zero-order valence-corrected chi connectivity index (χ0v) is 11.6. The van der Waals surface area contributed by atoms with Crippen LogP contribution in [0, 0.1) is 5.82 Å². The minimum absolute atomic E-state index is 0.0608. The van der Waals surface area contributed by atoms with Gasteiger partial charge in [0.1, 0.15) is 12.4 Å². The van der Waals surface area contributed by atoms with Crippen LogP contribution >= 0.6 is 0 Å². The Morgan fingerprint density at radius 1 is 1.05 bits per heavy atom. The summed E-state index contributed by atoms with van der Waals surface area (Å²) in [6.45, 7) is 1.23. The van der Waals surface area contributed by atoms with Crippen molar-refractivity contribution in [2.75, 3.05) is 6.61 Å². The summed E-state index contributed by atoms with van der Waals surface area (Å²) in [6, 6.07) is 14.4. The lowest BCUT2D eigenvalue weighted by Crippen LogP contribution is -2.20. The number of halogens is 1. The molecule has 0 amide bonds. The van der Waals surface area contributed by atoms with E-state index in [0.717, 1.165) is 0 Å². The average molecular weight is 286 g/mol. The summed E-state index contributed by atoms with van der Waals surface area (Å²) in [7, 11) is 0. The zero-order valence-electron chi connectivity index (χ0n) is 11.6. The first kappa shape index (κ1) is 14.9. The molecular weight excluding hydrogens is 271 g/mol. The van der Waals surface area contributed by atoms with Crippen LogP contribution in [-0.4, -0.2) is 18.4 Å². The number of ether oxygens (including phenoxy) is 1. The van der Waals surface area contributed by atoms with Gasteiger partial charge >= 0.3 is 5.97 Å². The van der Waals surface area contributed by atoms with E-state index in [4.69, 9.17) is 4.74 Å². The summed E-state index contributed by atoms with van der Waals surface area (Å²) in [6.07, 6.45) is 0. The smallest absolute Gasteiger partial charge is 0.302 e. The van der Waals surface area contributed by atoms with E-state index >= 15 is 0 Å². The molecule has 0 aromatic heterocycles. The molecule has 2 aromatic rings. The molecule has 0 unspecified atom stereocenters. The van der Waals surface area contributed by atoms with Gasteiger partial charge in [-0.2, -0.15) is 0 Å². The third-order valence-corrected chi connectivity index (χ3v) is 3.10. The van der Waals surface area contributed by atoms with Crippen molar-refractivity contribution in [3.05, 3.63) is 71.5 Å². The van der Waals surface area contributed by atoms with Crippen LogP contribution in [0.5, 0.6) is 0 Å². The number of rotatable bonds is 5. The third kappa shape index (κ3) is 3.99. The highest BCUT2D eigenvalue weighted by molar-refractivity contribution is 6.01. The SMILES string of the molecule is CC(=O)OC[C@H](C(=O)c1ccccc1)c1ccc(F)cc1. The van der Waals surface area contributed by atoms with Crippen LogP contribution < -0.4 is 0 Å². The van der Waals surface area contributed by atoms with E-state index in [1.165, 1.54) is 31.2 Å². The summed E-state index contributed by atoms with van der Waals surface area (Å²) in [5.74, 6) is -1.64. The van der Waals surface area contributed by atoms with Crippen LogP contribution in [0.2, 0.25) is 0 Å². The highest BCUT2D eigenvalue weighted by Crippen LogP contribution is 2.22. The molecule has 21 heavy (non-hydrogen) atoms. The maximum absolute atomic E-state index is 13.0. The molecule has 0 fully saturated rings. The summed E-state index contributed by atoms with van der Waals surface area (Å²) < 4.78 is 18.0. The Morgan fingerprint density at radius 2 is 1.67 bits per heavy atom. The summed E-state index contributed by atoms with van der Waals surface area (Å²) in [4.78, 5) is 23.6.